The Morgan fingerprint density at radius 3 is 2.56 bits per heavy atom. The molecule has 1 aliphatic heterocycles. The summed E-state index contributed by atoms with van der Waals surface area (Å²) in [4.78, 5) is 13.2. The lowest BCUT2D eigenvalue weighted by molar-refractivity contribution is 0.0683. The molecule has 1 aromatic heterocycles. The quantitative estimate of drug-likeness (QED) is 0.832. The number of carboxylic acids is 1. The van der Waals surface area contributed by atoms with Crippen molar-refractivity contribution in [2.75, 3.05) is 38.2 Å². The molecule has 1 saturated heterocycles. The minimum atomic E-state index is -0.953. The maximum Gasteiger partial charge on any atom is 0.354 e. The zero-order valence-corrected chi connectivity index (χ0v) is 9.81. The Balaban J connectivity index is 2.22. The van der Waals surface area contributed by atoms with Crippen molar-refractivity contribution >= 4 is 17.6 Å². The Morgan fingerprint density at radius 2 is 2.00 bits per heavy atom. The van der Waals surface area contributed by atoms with E-state index in [1.54, 1.807) is 10.9 Å². The van der Waals surface area contributed by atoms with Crippen LogP contribution in [0, 0.1) is 0 Å². The van der Waals surface area contributed by atoms with E-state index in [1.165, 1.54) is 6.07 Å². The average Bonchev–Trinajstić information content (AvgIpc) is 2.61. The van der Waals surface area contributed by atoms with Gasteiger partial charge >= 0.3 is 5.97 Å². The van der Waals surface area contributed by atoms with Gasteiger partial charge in [-0.05, 0) is 13.1 Å². The molecule has 1 aliphatic rings. The fourth-order valence-electron chi connectivity index (χ4n) is 1.83. The highest BCUT2D eigenvalue weighted by Crippen LogP contribution is 2.15. The molecule has 2 rings (SSSR count). The van der Waals surface area contributed by atoms with Crippen LogP contribution < -0.4 is 5.01 Å². The molecule has 16 heavy (non-hydrogen) atoms. The van der Waals surface area contributed by atoms with Crippen LogP contribution in [0.15, 0.2) is 12.3 Å². The number of rotatable bonds is 2. The number of halogens is 1. The highest BCUT2D eigenvalue weighted by Gasteiger charge is 2.19. The monoisotopic (exact) mass is 243 g/mol. The van der Waals surface area contributed by atoms with Crippen molar-refractivity contribution in [3.8, 4) is 0 Å². The molecule has 0 atom stereocenters. The van der Waals surface area contributed by atoms with Gasteiger partial charge in [-0.15, -0.1) is 0 Å². The summed E-state index contributed by atoms with van der Waals surface area (Å²) >= 11 is 5.84. The minimum absolute atomic E-state index is 0.217. The van der Waals surface area contributed by atoms with Crippen LogP contribution in [-0.4, -0.2) is 53.9 Å². The van der Waals surface area contributed by atoms with Gasteiger partial charge < -0.3 is 15.0 Å². The second-order valence-electron chi connectivity index (χ2n) is 3.95. The first-order chi connectivity index (χ1) is 7.58. The summed E-state index contributed by atoms with van der Waals surface area (Å²) in [5, 5.41) is 11.5. The van der Waals surface area contributed by atoms with Crippen LogP contribution in [0.4, 0.5) is 0 Å². The van der Waals surface area contributed by atoms with Gasteiger partial charge in [0.25, 0.3) is 0 Å². The molecule has 0 bridgehead atoms. The molecule has 0 spiro atoms. The van der Waals surface area contributed by atoms with Crippen LogP contribution in [-0.2, 0) is 0 Å². The third kappa shape index (κ3) is 2.15. The lowest BCUT2D eigenvalue weighted by atomic mass is 10.4. The highest BCUT2D eigenvalue weighted by atomic mass is 35.5. The first-order valence-electron chi connectivity index (χ1n) is 5.13. The average molecular weight is 244 g/mol. The van der Waals surface area contributed by atoms with Crippen molar-refractivity contribution < 1.29 is 9.90 Å². The first kappa shape index (κ1) is 11.3. The van der Waals surface area contributed by atoms with Gasteiger partial charge in [0.05, 0.1) is 5.02 Å². The molecule has 88 valence electrons. The van der Waals surface area contributed by atoms with Gasteiger partial charge in [0, 0.05) is 32.4 Å². The van der Waals surface area contributed by atoms with Crippen LogP contribution in [0.3, 0.4) is 0 Å². The van der Waals surface area contributed by atoms with Gasteiger partial charge in [-0.2, -0.15) is 0 Å². The lowest BCUT2D eigenvalue weighted by Gasteiger charge is -2.35. The SMILES string of the molecule is CN1CCN(n2cc(Cl)cc2C(=O)O)CC1. The van der Waals surface area contributed by atoms with Gasteiger partial charge in [0.2, 0.25) is 0 Å². The van der Waals surface area contributed by atoms with Gasteiger partial charge in [0.15, 0.2) is 0 Å². The number of hydrogen-bond acceptors (Lipinski definition) is 3. The van der Waals surface area contributed by atoms with Crippen LogP contribution in [0.25, 0.3) is 0 Å². The van der Waals surface area contributed by atoms with Gasteiger partial charge in [-0.3, -0.25) is 4.68 Å². The van der Waals surface area contributed by atoms with E-state index < -0.39 is 5.97 Å². The number of hydrogen-bond donors (Lipinski definition) is 1. The molecule has 0 unspecified atom stereocenters. The van der Waals surface area contributed by atoms with E-state index in [1.807, 2.05) is 5.01 Å². The Labute approximate surface area is 98.8 Å². The van der Waals surface area contributed by atoms with E-state index >= 15 is 0 Å². The minimum Gasteiger partial charge on any atom is -0.477 e. The van der Waals surface area contributed by atoms with Crippen molar-refractivity contribution in [2.24, 2.45) is 0 Å². The van der Waals surface area contributed by atoms with E-state index in [9.17, 15) is 4.79 Å². The number of likely N-dealkylation sites (N-methyl/N-ethyl adjacent to an activating group) is 1. The molecule has 0 saturated carbocycles. The Kier molecular flexibility index (Phi) is 3.07. The summed E-state index contributed by atoms with van der Waals surface area (Å²) < 4.78 is 1.64. The lowest BCUT2D eigenvalue weighted by Crippen LogP contribution is -2.50. The van der Waals surface area contributed by atoms with Crippen LogP contribution in [0.5, 0.6) is 0 Å². The van der Waals surface area contributed by atoms with Crippen molar-refractivity contribution in [2.45, 2.75) is 0 Å². The molecule has 0 radical (unpaired) electrons. The molecular weight excluding hydrogens is 230 g/mol. The number of piperazine rings is 1. The molecule has 1 aromatic rings. The third-order valence-electron chi connectivity index (χ3n) is 2.77. The molecule has 0 aliphatic carbocycles. The summed E-state index contributed by atoms with van der Waals surface area (Å²) in [5.41, 5.74) is 0.217. The number of carboxylic acid groups (broad SMARTS) is 1. The second kappa shape index (κ2) is 4.35. The summed E-state index contributed by atoms with van der Waals surface area (Å²) in [6, 6.07) is 1.47. The van der Waals surface area contributed by atoms with E-state index in [2.05, 4.69) is 11.9 Å². The second-order valence-corrected chi connectivity index (χ2v) is 4.39. The predicted octanol–water partition coefficient (Wildman–Crippen LogP) is 0.723. The van der Waals surface area contributed by atoms with E-state index in [-0.39, 0.29) is 5.69 Å². The van der Waals surface area contributed by atoms with Gasteiger partial charge in [-0.1, -0.05) is 11.6 Å². The molecule has 2 heterocycles. The number of aromatic nitrogens is 1. The fourth-order valence-corrected chi connectivity index (χ4v) is 2.02. The normalized spacial score (nSPS) is 17.8. The summed E-state index contributed by atoms with van der Waals surface area (Å²) in [7, 11) is 2.05. The summed E-state index contributed by atoms with van der Waals surface area (Å²) in [6.45, 7) is 3.47. The number of nitrogens with zero attached hydrogens (tertiary/aromatic N) is 3. The van der Waals surface area contributed by atoms with Crippen molar-refractivity contribution in [3.63, 3.8) is 0 Å². The van der Waals surface area contributed by atoms with E-state index in [0.29, 0.717) is 5.02 Å². The molecule has 1 fully saturated rings. The topological polar surface area (TPSA) is 48.7 Å². The van der Waals surface area contributed by atoms with E-state index in [4.69, 9.17) is 16.7 Å². The summed E-state index contributed by atoms with van der Waals surface area (Å²) in [5.74, 6) is -0.953. The van der Waals surface area contributed by atoms with Crippen molar-refractivity contribution in [1.82, 2.24) is 9.58 Å². The molecular formula is C10H14ClN3O2. The van der Waals surface area contributed by atoms with Crippen LogP contribution in [0.2, 0.25) is 5.02 Å². The zero-order valence-electron chi connectivity index (χ0n) is 9.06. The Hall–Kier alpha value is -1.20. The van der Waals surface area contributed by atoms with Crippen molar-refractivity contribution in [1.29, 1.82) is 0 Å². The molecule has 0 amide bonds. The third-order valence-corrected chi connectivity index (χ3v) is 2.98. The highest BCUT2D eigenvalue weighted by molar-refractivity contribution is 6.30. The predicted molar refractivity (Wildman–Crippen MR) is 61.8 cm³/mol. The standard InChI is InChI=1S/C10H14ClN3O2/c1-12-2-4-13(5-3-12)14-7-8(11)6-9(14)10(15)16/h6-7H,2-5H2,1H3,(H,15,16). The molecule has 5 nitrogen and oxygen atoms in total. The molecule has 6 heteroatoms. The fraction of sp³-hybridized carbons (Fsp3) is 0.500. The maximum absolute atomic E-state index is 11.0. The number of carbonyl (C=O) groups is 1. The largest absolute Gasteiger partial charge is 0.477 e. The van der Waals surface area contributed by atoms with Crippen LogP contribution in [0.1, 0.15) is 10.5 Å². The first-order valence-corrected chi connectivity index (χ1v) is 5.50. The summed E-state index contributed by atoms with van der Waals surface area (Å²) in [6.07, 6.45) is 1.65. The van der Waals surface area contributed by atoms with E-state index in [0.717, 1.165) is 26.2 Å². The smallest absolute Gasteiger partial charge is 0.354 e. The maximum atomic E-state index is 11.0. The number of aromatic carboxylic acids is 1. The van der Waals surface area contributed by atoms with Gasteiger partial charge in [-0.25, -0.2) is 4.79 Å². The Bertz CT molecular complexity index is 397. The molecule has 0 aromatic carbocycles. The van der Waals surface area contributed by atoms with Crippen LogP contribution >= 0.6 is 11.6 Å². The Morgan fingerprint density at radius 1 is 1.38 bits per heavy atom. The van der Waals surface area contributed by atoms with Crippen molar-refractivity contribution in [3.05, 3.63) is 23.0 Å². The van der Waals surface area contributed by atoms with Gasteiger partial charge in [0.1, 0.15) is 5.69 Å². The zero-order chi connectivity index (χ0) is 11.7. The molecule has 1 N–H and O–H groups in total.